The molecule has 0 radical (unpaired) electrons. The molecule has 0 saturated carbocycles. The van der Waals surface area contributed by atoms with Gasteiger partial charge in [0.2, 0.25) is 11.9 Å². The van der Waals surface area contributed by atoms with E-state index >= 15 is 0 Å². The predicted octanol–water partition coefficient (Wildman–Crippen LogP) is 3.39. The fourth-order valence-electron chi connectivity index (χ4n) is 4.79. The van der Waals surface area contributed by atoms with Gasteiger partial charge in [-0.3, -0.25) is 14.6 Å². The van der Waals surface area contributed by atoms with Gasteiger partial charge in [-0.15, -0.1) is 0 Å². The van der Waals surface area contributed by atoms with Crippen LogP contribution in [0.2, 0.25) is 0 Å². The van der Waals surface area contributed by atoms with Crippen LogP contribution in [-0.4, -0.2) is 96.1 Å². The molecular weight excluding hydrogens is 494 g/mol. The number of benzene rings is 1. The Morgan fingerprint density at radius 1 is 1.13 bits per heavy atom. The van der Waals surface area contributed by atoms with Crippen molar-refractivity contribution in [3.63, 3.8) is 0 Å². The highest BCUT2D eigenvalue weighted by molar-refractivity contribution is 5.89. The molecule has 10 heteroatoms. The van der Waals surface area contributed by atoms with Crippen molar-refractivity contribution in [2.45, 2.75) is 39.4 Å². The number of carbonyl (C=O) groups is 2. The first-order valence-corrected chi connectivity index (χ1v) is 13.7. The molecule has 2 aliphatic heterocycles. The van der Waals surface area contributed by atoms with E-state index in [0.29, 0.717) is 18.4 Å². The van der Waals surface area contributed by atoms with Crippen molar-refractivity contribution < 1.29 is 14.3 Å². The molecule has 210 valence electrons. The van der Waals surface area contributed by atoms with Crippen LogP contribution in [0, 0.1) is 5.92 Å². The van der Waals surface area contributed by atoms with Crippen LogP contribution in [0.3, 0.4) is 0 Å². The van der Waals surface area contributed by atoms with E-state index in [1.807, 2.05) is 30.0 Å². The predicted molar refractivity (Wildman–Crippen MR) is 153 cm³/mol. The van der Waals surface area contributed by atoms with Gasteiger partial charge in [0, 0.05) is 51.5 Å². The third-order valence-electron chi connectivity index (χ3n) is 7.21. The van der Waals surface area contributed by atoms with Gasteiger partial charge in [-0.25, -0.2) is 9.78 Å². The zero-order valence-electron chi connectivity index (χ0n) is 23.7. The first kappa shape index (κ1) is 28.5. The summed E-state index contributed by atoms with van der Waals surface area (Å²) in [6.07, 6.45) is 4.90. The Labute approximate surface area is 231 Å². The van der Waals surface area contributed by atoms with Crippen molar-refractivity contribution in [2.75, 3.05) is 63.6 Å². The van der Waals surface area contributed by atoms with E-state index in [-0.39, 0.29) is 30.0 Å². The lowest BCUT2D eigenvalue weighted by Gasteiger charge is -2.34. The number of nitrogens with zero attached hydrogens (tertiary/aromatic N) is 6. The van der Waals surface area contributed by atoms with Crippen LogP contribution >= 0.6 is 0 Å². The van der Waals surface area contributed by atoms with Crippen LogP contribution in [0.25, 0.3) is 0 Å². The van der Waals surface area contributed by atoms with Gasteiger partial charge in [0.25, 0.3) is 0 Å². The monoisotopic (exact) mass is 535 g/mol. The normalized spacial score (nSPS) is 19.3. The van der Waals surface area contributed by atoms with Crippen LogP contribution in [0.4, 0.5) is 16.6 Å². The Hall–Kier alpha value is -3.50. The molecule has 39 heavy (non-hydrogen) atoms. The summed E-state index contributed by atoms with van der Waals surface area (Å²) in [7, 11) is 3.98. The molecule has 2 fully saturated rings. The number of carbonyl (C=O) groups excluding carboxylic acids is 2. The fourth-order valence-corrected chi connectivity index (χ4v) is 4.79. The van der Waals surface area contributed by atoms with Gasteiger partial charge < -0.3 is 19.9 Å². The summed E-state index contributed by atoms with van der Waals surface area (Å²) in [5.74, 6) is 1.36. The molecule has 2 aromatic rings. The summed E-state index contributed by atoms with van der Waals surface area (Å²) in [4.78, 5) is 41.6. The molecule has 2 saturated heterocycles. The molecule has 10 nitrogen and oxygen atoms in total. The maximum atomic E-state index is 12.4. The summed E-state index contributed by atoms with van der Waals surface area (Å²) < 4.78 is 5.27. The smallest absolute Gasteiger partial charge is 0.415 e. The lowest BCUT2D eigenvalue weighted by atomic mass is 10.0. The van der Waals surface area contributed by atoms with Crippen LogP contribution in [0.15, 0.2) is 48.7 Å². The van der Waals surface area contributed by atoms with Gasteiger partial charge in [-0.1, -0.05) is 44.2 Å². The van der Waals surface area contributed by atoms with Crippen molar-refractivity contribution in [1.29, 1.82) is 0 Å². The van der Waals surface area contributed by atoms with Gasteiger partial charge in [0.05, 0.1) is 12.1 Å². The molecule has 1 aromatic carbocycles. The van der Waals surface area contributed by atoms with E-state index in [1.165, 1.54) is 5.56 Å². The van der Waals surface area contributed by atoms with Crippen LogP contribution < -0.4 is 10.2 Å². The van der Waals surface area contributed by atoms with E-state index in [2.05, 4.69) is 65.2 Å². The van der Waals surface area contributed by atoms with Crippen molar-refractivity contribution in [3.05, 3.63) is 59.8 Å². The van der Waals surface area contributed by atoms with Gasteiger partial charge in [0.1, 0.15) is 12.4 Å². The zero-order valence-corrected chi connectivity index (χ0v) is 23.7. The molecule has 1 aromatic heterocycles. The topological polar surface area (TPSA) is 94.1 Å². The number of likely N-dealkylation sites (N-methyl/N-ethyl adjacent to an activating group) is 1. The molecule has 0 aliphatic carbocycles. The molecule has 3 heterocycles. The van der Waals surface area contributed by atoms with Crippen molar-refractivity contribution in [3.8, 4) is 0 Å². The number of nitrogens with one attached hydrogen (secondary N) is 1. The maximum absolute atomic E-state index is 12.4. The van der Waals surface area contributed by atoms with E-state index in [1.54, 1.807) is 23.2 Å². The number of amides is 2. The Morgan fingerprint density at radius 3 is 2.51 bits per heavy atom. The number of anilines is 2. The number of hydrogen-bond acceptors (Lipinski definition) is 8. The Balaban J connectivity index is 1.29. The van der Waals surface area contributed by atoms with Crippen molar-refractivity contribution in [2.24, 2.45) is 5.92 Å². The lowest BCUT2D eigenvalue weighted by Crippen LogP contribution is -2.47. The highest BCUT2D eigenvalue weighted by Gasteiger charge is 2.37. The third kappa shape index (κ3) is 7.54. The van der Waals surface area contributed by atoms with E-state index < -0.39 is 0 Å². The van der Waals surface area contributed by atoms with Gasteiger partial charge in [-0.05, 0) is 44.1 Å². The molecule has 2 aliphatic rings. The summed E-state index contributed by atoms with van der Waals surface area (Å²) in [5, 5.41) is 3.36. The molecule has 4 rings (SSSR count). The first-order chi connectivity index (χ1) is 18.7. The summed E-state index contributed by atoms with van der Waals surface area (Å²) in [6.45, 7) is 11.4. The van der Waals surface area contributed by atoms with E-state index in [9.17, 15) is 9.59 Å². The second-order valence-corrected chi connectivity index (χ2v) is 10.9. The van der Waals surface area contributed by atoms with E-state index in [0.717, 1.165) is 44.8 Å². The zero-order chi connectivity index (χ0) is 27.9. The molecule has 0 spiro atoms. The quantitative estimate of drug-likeness (QED) is 0.463. The van der Waals surface area contributed by atoms with Crippen molar-refractivity contribution >= 4 is 23.8 Å². The summed E-state index contributed by atoms with van der Waals surface area (Å²) >= 11 is 0. The molecule has 1 N–H and O–H groups in total. The van der Waals surface area contributed by atoms with Crippen LogP contribution in [-0.2, 0) is 16.1 Å². The van der Waals surface area contributed by atoms with Gasteiger partial charge in [-0.2, -0.15) is 4.98 Å². The standard InChI is InChI=1S/C29H41N7O3/c1-21(2)25-20-39-29(38)36(25)26-12-13-30-28(32-26)31-22(3)24-10-8-23(9-11-24)19-34-15-17-35(18-16-34)27(37)7-6-14-33(4)5/h6-13,21-22,25H,14-20H2,1-5H3,(H,30,31,32)/b7-6+/t22-,25?/m0/s1. The minimum Gasteiger partial charge on any atom is -0.447 e. The van der Waals surface area contributed by atoms with Crippen LogP contribution in [0.5, 0.6) is 0 Å². The molecule has 2 amide bonds. The molecular formula is C29H41N7O3. The molecule has 0 bridgehead atoms. The summed E-state index contributed by atoms with van der Waals surface area (Å²) in [6, 6.07) is 10.2. The largest absolute Gasteiger partial charge is 0.447 e. The second-order valence-electron chi connectivity index (χ2n) is 10.9. The number of rotatable bonds is 10. The second kappa shape index (κ2) is 13.0. The highest BCUT2D eigenvalue weighted by Crippen LogP contribution is 2.27. The highest BCUT2D eigenvalue weighted by atomic mass is 16.6. The number of hydrogen-bond donors (Lipinski definition) is 1. The first-order valence-electron chi connectivity index (χ1n) is 13.7. The fraction of sp³-hybridized carbons (Fsp3) is 0.517. The lowest BCUT2D eigenvalue weighted by molar-refractivity contribution is -0.127. The van der Waals surface area contributed by atoms with Gasteiger partial charge >= 0.3 is 6.09 Å². The number of piperazine rings is 1. The average Bonchev–Trinajstić information content (AvgIpc) is 3.31. The van der Waals surface area contributed by atoms with Gasteiger partial charge in [0.15, 0.2) is 0 Å². The molecule has 1 unspecified atom stereocenters. The Bertz CT molecular complexity index is 1140. The minimum atomic E-state index is -0.369. The summed E-state index contributed by atoms with van der Waals surface area (Å²) in [5.41, 5.74) is 2.36. The Morgan fingerprint density at radius 2 is 1.85 bits per heavy atom. The number of cyclic esters (lactones) is 1. The Kier molecular flexibility index (Phi) is 9.53. The molecule has 2 atom stereocenters. The third-order valence-corrected chi connectivity index (χ3v) is 7.21. The SMILES string of the molecule is CC(C)C1COC(=O)N1c1ccnc(N[C@@H](C)c2ccc(CN3CCN(C(=O)/C=C/CN(C)C)CC3)cc2)n1. The van der Waals surface area contributed by atoms with E-state index in [4.69, 9.17) is 4.74 Å². The average molecular weight is 536 g/mol. The van der Waals surface area contributed by atoms with Crippen molar-refractivity contribution in [1.82, 2.24) is 24.7 Å². The minimum absolute atomic E-state index is 0.0177. The number of ether oxygens (including phenoxy) is 1. The number of aromatic nitrogens is 2. The maximum Gasteiger partial charge on any atom is 0.415 e. The van der Waals surface area contributed by atoms with Crippen LogP contribution in [0.1, 0.15) is 37.9 Å².